The Labute approximate surface area is 264 Å². The number of hydrogen-bond acceptors (Lipinski definition) is 6. The quantitative estimate of drug-likeness (QED) is 0.341. The second-order valence-corrected chi connectivity index (χ2v) is 14.1. The van der Waals surface area contributed by atoms with Crippen LogP contribution in [0.2, 0.25) is 0 Å². The van der Waals surface area contributed by atoms with Crippen LogP contribution in [0.15, 0.2) is 67.8 Å². The maximum Gasteiger partial charge on any atom is 0.251 e. The lowest BCUT2D eigenvalue weighted by Crippen LogP contribution is -2.55. The number of carbonyl (C=O) groups excluding carboxylic acids is 3. The maximum atomic E-state index is 14.7. The molecule has 1 spiro atoms. The third-order valence-corrected chi connectivity index (χ3v) is 11.4. The number of carbonyl (C=O) groups is 3. The first kappa shape index (κ1) is 31.9. The van der Waals surface area contributed by atoms with Gasteiger partial charge in [0.1, 0.15) is 11.8 Å². The average Bonchev–Trinajstić information content (AvgIpc) is 3.57. The topological polar surface area (TPSA) is 90.4 Å². The molecule has 0 aromatic heterocycles. The summed E-state index contributed by atoms with van der Waals surface area (Å²) in [5, 5.41) is 10.1. The summed E-state index contributed by atoms with van der Waals surface area (Å²) >= 11 is 1.63. The molecule has 0 aliphatic carbocycles. The van der Waals surface area contributed by atoms with Gasteiger partial charge in [0, 0.05) is 35.8 Å². The number of amides is 3. The van der Waals surface area contributed by atoms with Crippen LogP contribution in [0.25, 0.3) is 0 Å². The molecule has 2 unspecified atom stereocenters. The standard InChI is InChI=1S/C35H43N3O5S/c1-7-18-36(25-12-14-26(15-13-25)43-9-3)31(40)28-29-32(41)38(20-21-39)30(35(29)17-16-34(28,6)44-35)33(42)37(19-8-2)27-22-23(4)10-11-24(27)5/h7-8,10-15,22,28-30,39H,1-2,9,16-21H2,3-6H3/t28-,29+,30?,34+,35?/m1/s1. The minimum Gasteiger partial charge on any atom is -0.494 e. The molecule has 1 N–H and O–H groups in total. The highest BCUT2D eigenvalue weighted by Crippen LogP contribution is 2.71. The van der Waals surface area contributed by atoms with Crippen LogP contribution in [-0.4, -0.2) is 76.1 Å². The second kappa shape index (κ2) is 12.4. The number of benzene rings is 2. The molecule has 9 heteroatoms. The molecule has 2 aromatic carbocycles. The Bertz CT molecular complexity index is 1460. The minimum atomic E-state index is -0.824. The van der Waals surface area contributed by atoms with Gasteiger partial charge in [0.25, 0.3) is 5.91 Å². The van der Waals surface area contributed by atoms with E-state index < -0.39 is 27.4 Å². The first-order valence-corrected chi connectivity index (χ1v) is 16.1. The minimum absolute atomic E-state index is 0.0235. The van der Waals surface area contributed by atoms with Gasteiger partial charge >= 0.3 is 0 Å². The molecule has 2 bridgehead atoms. The van der Waals surface area contributed by atoms with Crippen molar-refractivity contribution >= 4 is 40.9 Å². The molecule has 234 valence electrons. The third kappa shape index (κ3) is 5.13. The van der Waals surface area contributed by atoms with Gasteiger partial charge in [-0.15, -0.1) is 24.9 Å². The summed E-state index contributed by atoms with van der Waals surface area (Å²) in [6.07, 6.45) is 4.71. The smallest absolute Gasteiger partial charge is 0.251 e. The van der Waals surface area contributed by atoms with E-state index in [1.54, 1.807) is 38.6 Å². The van der Waals surface area contributed by atoms with Gasteiger partial charge in [-0.05, 0) is 82.0 Å². The second-order valence-electron chi connectivity index (χ2n) is 12.2. The molecular weight excluding hydrogens is 574 g/mol. The fraction of sp³-hybridized carbons (Fsp3) is 0.457. The number of fused-ring (bicyclic) bond motifs is 1. The van der Waals surface area contributed by atoms with E-state index in [1.165, 1.54) is 0 Å². The number of aryl methyl sites for hydroxylation is 2. The predicted molar refractivity (Wildman–Crippen MR) is 176 cm³/mol. The summed E-state index contributed by atoms with van der Waals surface area (Å²) in [6.45, 7) is 16.6. The van der Waals surface area contributed by atoms with E-state index in [1.807, 2.05) is 63.2 Å². The number of anilines is 2. The molecule has 3 saturated heterocycles. The van der Waals surface area contributed by atoms with E-state index in [0.717, 1.165) is 16.8 Å². The highest BCUT2D eigenvalue weighted by Gasteiger charge is 2.77. The van der Waals surface area contributed by atoms with E-state index in [-0.39, 0.29) is 44.0 Å². The number of ether oxygens (including phenoxy) is 1. The van der Waals surface area contributed by atoms with Crippen LogP contribution in [-0.2, 0) is 14.4 Å². The van der Waals surface area contributed by atoms with Crippen molar-refractivity contribution in [2.24, 2.45) is 11.8 Å². The Hall–Kier alpha value is -3.56. The summed E-state index contributed by atoms with van der Waals surface area (Å²) in [5.41, 5.74) is 3.43. The van der Waals surface area contributed by atoms with E-state index in [9.17, 15) is 19.5 Å². The van der Waals surface area contributed by atoms with Crippen molar-refractivity contribution in [3.05, 3.63) is 78.9 Å². The van der Waals surface area contributed by atoms with Crippen LogP contribution in [0.3, 0.4) is 0 Å². The number of β-amino-alcohol motifs (C(OH)–C–C–N with tert-alkyl or cyclic N) is 1. The van der Waals surface area contributed by atoms with Crippen molar-refractivity contribution in [3.63, 3.8) is 0 Å². The van der Waals surface area contributed by atoms with E-state index in [2.05, 4.69) is 20.1 Å². The summed E-state index contributed by atoms with van der Waals surface area (Å²) < 4.78 is 4.27. The Morgan fingerprint density at radius 3 is 2.39 bits per heavy atom. The summed E-state index contributed by atoms with van der Waals surface area (Å²) in [4.78, 5) is 48.7. The van der Waals surface area contributed by atoms with Crippen LogP contribution in [0.4, 0.5) is 11.4 Å². The number of thioether (sulfide) groups is 1. The van der Waals surface area contributed by atoms with Gasteiger partial charge in [0.15, 0.2) is 0 Å². The maximum absolute atomic E-state index is 14.7. The highest BCUT2D eigenvalue weighted by atomic mass is 32.2. The number of aliphatic hydroxyl groups is 1. The predicted octanol–water partition coefficient (Wildman–Crippen LogP) is 4.91. The number of hydrogen-bond donors (Lipinski definition) is 1. The summed E-state index contributed by atoms with van der Waals surface area (Å²) in [7, 11) is 0. The lowest BCUT2D eigenvalue weighted by atomic mass is 9.66. The number of nitrogens with zero attached hydrogens (tertiary/aromatic N) is 3. The molecule has 8 nitrogen and oxygen atoms in total. The number of likely N-dealkylation sites (tertiary alicyclic amines) is 1. The molecule has 0 saturated carbocycles. The molecule has 44 heavy (non-hydrogen) atoms. The van der Waals surface area contributed by atoms with Crippen LogP contribution in [0, 0.1) is 25.7 Å². The Kier molecular flexibility index (Phi) is 9.01. The zero-order valence-electron chi connectivity index (χ0n) is 26.1. The molecule has 3 heterocycles. The first-order chi connectivity index (χ1) is 21.1. The monoisotopic (exact) mass is 617 g/mol. The zero-order chi connectivity index (χ0) is 31.8. The van der Waals surface area contributed by atoms with Crippen molar-refractivity contribution in [1.82, 2.24) is 4.90 Å². The molecule has 5 rings (SSSR count). The molecule has 5 atom stereocenters. The fourth-order valence-corrected chi connectivity index (χ4v) is 9.88. The zero-order valence-corrected chi connectivity index (χ0v) is 26.9. The lowest BCUT2D eigenvalue weighted by Gasteiger charge is -2.38. The van der Waals surface area contributed by atoms with Gasteiger partial charge in [-0.3, -0.25) is 14.4 Å². The van der Waals surface area contributed by atoms with E-state index in [0.29, 0.717) is 30.9 Å². The number of aliphatic hydroxyl groups excluding tert-OH is 1. The molecule has 3 fully saturated rings. The highest BCUT2D eigenvalue weighted by molar-refractivity contribution is 8.02. The van der Waals surface area contributed by atoms with Gasteiger partial charge in [-0.1, -0.05) is 24.3 Å². The fourth-order valence-electron chi connectivity index (χ4n) is 7.53. The van der Waals surface area contributed by atoms with Crippen LogP contribution >= 0.6 is 11.8 Å². The van der Waals surface area contributed by atoms with Crippen LogP contribution < -0.4 is 14.5 Å². The Morgan fingerprint density at radius 2 is 1.75 bits per heavy atom. The average molecular weight is 618 g/mol. The van der Waals surface area contributed by atoms with Crippen LogP contribution in [0.5, 0.6) is 5.75 Å². The van der Waals surface area contributed by atoms with Crippen LogP contribution in [0.1, 0.15) is 37.8 Å². The Balaban J connectivity index is 1.57. The van der Waals surface area contributed by atoms with Crippen molar-refractivity contribution in [3.8, 4) is 5.75 Å². The molecular formula is C35H43N3O5S. The van der Waals surface area contributed by atoms with Gasteiger partial charge < -0.3 is 24.5 Å². The largest absolute Gasteiger partial charge is 0.494 e. The van der Waals surface area contributed by atoms with Crippen molar-refractivity contribution in [2.75, 3.05) is 42.6 Å². The normalized spacial score (nSPS) is 26.8. The molecule has 0 radical (unpaired) electrons. The summed E-state index contributed by atoms with van der Waals surface area (Å²) in [5.74, 6) is -1.23. The lowest BCUT2D eigenvalue weighted by molar-refractivity contribution is -0.140. The van der Waals surface area contributed by atoms with Crippen molar-refractivity contribution in [2.45, 2.75) is 56.1 Å². The van der Waals surface area contributed by atoms with Crippen molar-refractivity contribution in [1.29, 1.82) is 0 Å². The van der Waals surface area contributed by atoms with Gasteiger partial charge in [0.05, 0.1) is 29.8 Å². The van der Waals surface area contributed by atoms with E-state index in [4.69, 9.17) is 4.74 Å². The van der Waals surface area contributed by atoms with Crippen molar-refractivity contribution < 1.29 is 24.2 Å². The molecule has 2 aromatic rings. The van der Waals surface area contributed by atoms with Gasteiger partial charge in [-0.2, -0.15) is 0 Å². The summed E-state index contributed by atoms with van der Waals surface area (Å²) in [6, 6.07) is 12.5. The first-order valence-electron chi connectivity index (χ1n) is 15.3. The molecule has 3 aliphatic rings. The van der Waals surface area contributed by atoms with E-state index >= 15 is 0 Å². The third-order valence-electron chi connectivity index (χ3n) is 9.39. The number of rotatable bonds is 12. The molecule has 3 aliphatic heterocycles. The van der Waals surface area contributed by atoms with Gasteiger partial charge in [-0.25, -0.2) is 0 Å². The molecule has 3 amide bonds. The Morgan fingerprint density at radius 1 is 1.07 bits per heavy atom. The SMILES string of the molecule is C=CCN(C(=O)[C@H]1[C@H]2C(=O)N(CCO)C(C(=O)N(CC=C)c3cc(C)ccc3C)C23CC[C@]1(C)S3)c1ccc(OCC)cc1. The van der Waals surface area contributed by atoms with Gasteiger partial charge in [0.2, 0.25) is 11.8 Å².